The molecule has 1 aromatic rings. The van der Waals surface area contributed by atoms with E-state index in [0.29, 0.717) is 12.0 Å². The molecule has 1 aliphatic heterocycles. The third-order valence-corrected chi connectivity index (χ3v) is 2.43. The standard InChI is InChI=1S/C11H13FO2/c12-10-4-2-1-3-9(10)11(13)6-5-8-7-14-8/h1-4,8,11,13H,5-7H2. The minimum Gasteiger partial charge on any atom is -0.388 e. The van der Waals surface area contributed by atoms with E-state index in [0.717, 1.165) is 13.0 Å². The number of hydrogen-bond acceptors (Lipinski definition) is 2. The lowest BCUT2D eigenvalue weighted by molar-refractivity contribution is 0.155. The van der Waals surface area contributed by atoms with Crippen molar-refractivity contribution in [1.29, 1.82) is 0 Å². The van der Waals surface area contributed by atoms with E-state index in [1.807, 2.05) is 0 Å². The lowest BCUT2D eigenvalue weighted by atomic mass is 10.0. The predicted molar refractivity (Wildman–Crippen MR) is 50.3 cm³/mol. The molecule has 2 nitrogen and oxygen atoms in total. The first kappa shape index (κ1) is 9.62. The Hall–Kier alpha value is -0.930. The second kappa shape index (κ2) is 4.07. The van der Waals surface area contributed by atoms with E-state index in [2.05, 4.69) is 0 Å². The summed E-state index contributed by atoms with van der Waals surface area (Å²) in [6.07, 6.45) is 0.943. The molecule has 0 bridgehead atoms. The second-order valence-corrected chi connectivity index (χ2v) is 3.57. The molecule has 76 valence electrons. The van der Waals surface area contributed by atoms with Crippen molar-refractivity contribution in [1.82, 2.24) is 0 Å². The van der Waals surface area contributed by atoms with E-state index >= 15 is 0 Å². The van der Waals surface area contributed by atoms with Crippen LogP contribution in [0.15, 0.2) is 24.3 Å². The first-order valence-electron chi connectivity index (χ1n) is 4.81. The van der Waals surface area contributed by atoms with Crippen LogP contribution in [0.3, 0.4) is 0 Å². The molecule has 0 aromatic heterocycles. The van der Waals surface area contributed by atoms with Crippen LogP contribution in [0.1, 0.15) is 24.5 Å². The molecule has 1 saturated heterocycles. The van der Waals surface area contributed by atoms with Crippen molar-refractivity contribution in [3.05, 3.63) is 35.6 Å². The Morgan fingerprint density at radius 2 is 2.21 bits per heavy atom. The van der Waals surface area contributed by atoms with Crippen molar-refractivity contribution < 1.29 is 14.2 Å². The highest BCUT2D eigenvalue weighted by molar-refractivity contribution is 5.19. The topological polar surface area (TPSA) is 32.8 Å². The number of ether oxygens (including phenoxy) is 1. The largest absolute Gasteiger partial charge is 0.388 e. The molecule has 0 spiro atoms. The van der Waals surface area contributed by atoms with Crippen molar-refractivity contribution >= 4 is 0 Å². The summed E-state index contributed by atoms with van der Waals surface area (Å²) in [7, 11) is 0. The zero-order valence-electron chi connectivity index (χ0n) is 7.82. The summed E-state index contributed by atoms with van der Waals surface area (Å²) in [6.45, 7) is 0.782. The number of hydrogen-bond donors (Lipinski definition) is 1. The first-order valence-corrected chi connectivity index (χ1v) is 4.81. The Morgan fingerprint density at radius 3 is 2.86 bits per heavy atom. The van der Waals surface area contributed by atoms with E-state index in [9.17, 15) is 9.50 Å². The monoisotopic (exact) mass is 196 g/mol. The summed E-state index contributed by atoms with van der Waals surface area (Å²) >= 11 is 0. The molecule has 2 atom stereocenters. The third kappa shape index (κ3) is 2.30. The van der Waals surface area contributed by atoms with Crippen LogP contribution in [0.4, 0.5) is 4.39 Å². The van der Waals surface area contributed by atoms with E-state index < -0.39 is 6.10 Å². The van der Waals surface area contributed by atoms with Gasteiger partial charge >= 0.3 is 0 Å². The third-order valence-electron chi connectivity index (χ3n) is 2.43. The number of aliphatic hydroxyl groups is 1. The van der Waals surface area contributed by atoms with Crippen molar-refractivity contribution in [2.75, 3.05) is 6.61 Å². The van der Waals surface area contributed by atoms with Gasteiger partial charge in [-0.25, -0.2) is 4.39 Å². The van der Waals surface area contributed by atoms with E-state index in [-0.39, 0.29) is 11.9 Å². The fourth-order valence-corrected chi connectivity index (χ4v) is 1.48. The molecule has 2 unspecified atom stereocenters. The highest BCUT2D eigenvalue weighted by Gasteiger charge is 2.24. The Kier molecular flexibility index (Phi) is 2.79. The number of halogens is 1. The van der Waals surface area contributed by atoms with Gasteiger partial charge in [0.25, 0.3) is 0 Å². The van der Waals surface area contributed by atoms with Gasteiger partial charge in [-0.15, -0.1) is 0 Å². The molecule has 0 amide bonds. The number of rotatable bonds is 4. The SMILES string of the molecule is OC(CCC1CO1)c1ccccc1F. The molecule has 1 fully saturated rings. The van der Waals surface area contributed by atoms with Gasteiger partial charge in [-0.3, -0.25) is 0 Å². The molecule has 1 heterocycles. The molecule has 1 aliphatic rings. The Morgan fingerprint density at radius 1 is 1.50 bits per heavy atom. The van der Waals surface area contributed by atoms with Crippen LogP contribution >= 0.6 is 0 Å². The highest BCUT2D eigenvalue weighted by atomic mass is 19.1. The lowest BCUT2D eigenvalue weighted by Gasteiger charge is -2.10. The van der Waals surface area contributed by atoms with Gasteiger partial charge < -0.3 is 9.84 Å². The van der Waals surface area contributed by atoms with Crippen LogP contribution in [-0.4, -0.2) is 17.8 Å². The Labute approximate surface area is 82.3 Å². The van der Waals surface area contributed by atoms with E-state index in [1.165, 1.54) is 6.07 Å². The molecule has 0 radical (unpaired) electrons. The van der Waals surface area contributed by atoms with Crippen LogP contribution in [0.25, 0.3) is 0 Å². The quantitative estimate of drug-likeness (QED) is 0.747. The van der Waals surface area contributed by atoms with Crippen LogP contribution in [-0.2, 0) is 4.74 Å². The molecule has 2 rings (SSSR count). The maximum absolute atomic E-state index is 13.2. The van der Waals surface area contributed by atoms with Gasteiger partial charge in [0, 0.05) is 5.56 Å². The summed E-state index contributed by atoms with van der Waals surface area (Å²) in [5, 5.41) is 9.68. The van der Waals surface area contributed by atoms with Gasteiger partial charge in [-0.05, 0) is 18.9 Å². The predicted octanol–water partition coefficient (Wildman–Crippen LogP) is 2.04. The average molecular weight is 196 g/mol. The minimum absolute atomic E-state index is 0.288. The fraction of sp³-hybridized carbons (Fsp3) is 0.455. The molecular formula is C11H13FO2. The fourth-order valence-electron chi connectivity index (χ4n) is 1.48. The lowest BCUT2D eigenvalue weighted by Crippen LogP contribution is -2.02. The molecule has 3 heteroatoms. The number of aliphatic hydroxyl groups excluding tert-OH is 1. The molecular weight excluding hydrogens is 183 g/mol. The van der Waals surface area contributed by atoms with Crippen molar-refractivity contribution in [3.8, 4) is 0 Å². The van der Waals surface area contributed by atoms with Gasteiger partial charge in [0.2, 0.25) is 0 Å². The van der Waals surface area contributed by atoms with Crippen LogP contribution in [0, 0.1) is 5.82 Å². The molecule has 0 aliphatic carbocycles. The maximum atomic E-state index is 13.2. The summed E-state index contributed by atoms with van der Waals surface area (Å²) in [5.41, 5.74) is 0.383. The number of epoxide rings is 1. The van der Waals surface area contributed by atoms with Crippen LogP contribution < -0.4 is 0 Å². The molecule has 1 N–H and O–H groups in total. The molecule has 0 saturated carbocycles. The highest BCUT2D eigenvalue weighted by Crippen LogP contribution is 2.25. The summed E-state index contributed by atoms with van der Waals surface area (Å²) in [5.74, 6) is -0.336. The van der Waals surface area contributed by atoms with Gasteiger partial charge in [0.1, 0.15) is 5.82 Å². The first-order chi connectivity index (χ1) is 6.77. The van der Waals surface area contributed by atoms with E-state index in [1.54, 1.807) is 18.2 Å². The van der Waals surface area contributed by atoms with Gasteiger partial charge in [0.05, 0.1) is 18.8 Å². The zero-order chi connectivity index (χ0) is 9.97. The van der Waals surface area contributed by atoms with Crippen molar-refractivity contribution in [3.63, 3.8) is 0 Å². The molecule has 14 heavy (non-hydrogen) atoms. The summed E-state index contributed by atoms with van der Waals surface area (Å²) < 4.78 is 18.2. The number of benzene rings is 1. The summed E-state index contributed by atoms with van der Waals surface area (Å²) in [6, 6.07) is 6.34. The normalized spacial score (nSPS) is 22.0. The Bertz CT molecular complexity index is 310. The minimum atomic E-state index is -0.708. The van der Waals surface area contributed by atoms with Crippen LogP contribution in [0.5, 0.6) is 0 Å². The maximum Gasteiger partial charge on any atom is 0.128 e. The average Bonchev–Trinajstić information content (AvgIpc) is 2.98. The van der Waals surface area contributed by atoms with Crippen molar-refractivity contribution in [2.45, 2.75) is 25.0 Å². The smallest absolute Gasteiger partial charge is 0.128 e. The van der Waals surface area contributed by atoms with Gasteiger partial charge in [-0.2, -0.15) is 0 Å². The second-order valence-electron chi connectivity index (χ2n) is 3.57. The van der Waals surface area contributed by atoms with Gasteiger partial charge in [0.15, 0.2) is 0 Å². The van der Waals surface area contributed by atoms with Gasteiger partial charge in [-0.1, -0.05) is 18.2 Å². The summed E-state index contributed by atoms with van der Waals surface area (Å²) in [4.78, 5) is 0. The van der Waals surface area contributed by atoms with Crippen LogP contribution in [0.2, 0.25) is 0 Å². The Balaban J connectivity index is 1.95. The van der Waals surface area contributed by atoms with Crippen molar-refractivity contribution in [2.24, 2.45) is 0 Å². The van der Waals surface area contributed by atoms with E-state index in [4.69, 9.17) is 4.74 Å². The molecule has 1 aromatic carbocycles. The zero-order valence-corrected chi connectivity index (χ0v) is 7.82.